The van der Waals surface area contributed by atoms with Crippen molar-refractivity contribution in [2.24, 2.45) is 0 Å². The average molecular weight is 444 g/mol. The first-order valence-electron chi connectivity index (χ1n) is 11.1. The molecule has 1 N–H and O–H groups in total. The number of rotatable bonds is 5. The quantitative estimate of drug-likeness (QED) is 0.628. The highest BCUT2D eigenvalue weighted by Gasteiger charge is 2.27. The maximum Gasteiger partial charge on any atom is 0.324 e. The van der Waals surface area contributed by atoms with Crippen LogP contribution in [-0.2, 0) is 6.54 Å². The van der Waals surface area contributed by atoms with Crippen molar-refractivity contribution in [3.63, 3.8) is 0 Å². The van der Waals surface area contributed by atoms with Crippen LogP contribution in [0.2, 0.25) is 0 Å². The van der Waals surface area contributed by atoms with E-state index in [1.165, 1.54) is 0 Å². The molecule has 2 aliphatic rings. The molecule has 0 atom stereocenters. The Bertz CT molecular complexity index is 1150. The molecule has 0 spiro atoms. The van der Waals surface area contributed by atoms with Gasteiger partial charge in [-0.15, -0.1) is 0 Å². The van der Waals surface area contributed by atoms with Gasteiger partial charge in [-0.2, -0.15) is 0 Å². The minimum absolute atomic E-state index is 0.0152. The number of nitrogens with zero attached hydrogens (tertiary/aromatic N) is 2. The lowest BCUT2D eigenvalue weighted by atomic mass is 10.1. The number of benzene rings is 3. The number of ether oxygens (including phenoxy) is 2. The van der Waals surface area contributed by atoms with E-state index in [-0.39, 0.29) is 11.9 Å². The Morgan fingerprint density at radius 3 is 2.42 bits per heavy atom. The monoisotopic (exact) mass is 443 g/mol. The molecular formula is C26H25N3O4. The van der Waals surface area contributed by atoms with Gasteiger partial charge in [-0.1, -0.05) is 30.3 Å². The summed E-state index contributed by atoms with van der Waals surface area (Å²) in [5.41, 5.74) is 3.04. The van der Waals surface area contributed by atoms with Crippen molar-refractivity contribution in [2.45, 2.75) is 13.0 Å². The van der Waals surface area contributed by atoms with Crippen molar-refractivity contribution in [2.75, 3.05) is 36.5 Å². The Morgan fingerprint density at radius 2 is 1.64 bits per heavy atom. The van der Waals surface area contributed by atoms with Crippen LogP contribution in [0.25, 0.3) is 0 Å². The van der Waals surface area contributed by atoms with E-state index in [4.69, 9.17) is 9.47 Å². The lowest BCUT2D eigenvalue weighted by Gasteiger charge is -2.35. The molecule has 0 saturated carbocycles. The molecule has 0 radical (unpaired) electrons. The molecule has 168 valence electrons. The van der Waals surface area contributed by atoms with E-state index >= 15 is 0 Å². The van der Waals surface area contributed by atoms with Crippen molar-refractivity contribution in [3.8, 4) is 11.5 Å². The molecule has 1 fully saturated rings. The number of hydrogen-bond donors (Lipinski definition) is 1. The SMILES string of the molecule is O=C(Nc1ccc2c(c1)OCCO2)c1ccc(N2CCCN(Cc3ccccc3)C2=O)cc1. The number of amides is 3. The van der Waals surface area contributed by atoms with Crippen molar-refractivity contribution in [1.29, 1.82) is 0 Å². The van der Waals surface area contributed by atoms with E-state index in [1.54, 1.807) is 35.2 Å². The van der Waals surface area contributed by atoms with Crippen LogP contribution in [0.5, 0.6) is 11.5 Å². The maximum absolute atomic E-state index is 13.1. The van der Waals surface area contributed by atoms with Crippen LogP contribution in [-0.4, -0.2) is 43.1 Å². The van der Waals surface area contributed by atoms with Gasteiger partial charge in [0.05, 0.1) is 0 Å². The Balaban J connectivity index is 1.25. The first kappa shape index (κ1) is 20.9. The number of anilines is 2. The molecule has 7 heteroatoms. The lowest BCUT2D eigenvalue weighted by Crippen LogP contribution is -2.49. The standard InChI is InChI=1S/C26H25N3O4/c30-25(27-21-9-12-23-24(17-21)33-16-15-32-23)20-7-10-22(11-8-20)29-14-4-13-28(26(29)31)18-19-5-2-1-3-6-19/h1-3,5-12,17H,4,13-16,18H2,(H,27,30). The molecule has 2 aliphatic heterocycles. The molecule has 1 saturated heterocycles. The summed E-state index contributed by atoms with van der Waals surface area (Å²) in [4.78, 5) is 29.4. The van der Waals surface area contributed by atoms with Crippen LogP contribution in [0.3, 0.4) is 0 Å². The summed E-state index contributed by atoms with van der Waals surface area (Å²) in [6.07, 6.45) is 0.894. The van der Waals surface area contributed by atoms with Crippen LogP contribution in [0.15, 0.2) is 72.8 Å². The van der Waals surface area contributed by atoms with Crippen molar-refractivity contribution >= 4 is 23.3 Å². The van der Waals surface area contributed by atoms with Crippen LogP contribution >= 0.6 is 0 Å². The Labute approximate surface area is 192 Å². The zero-order valence-electron chi connectivity index (χ0n) is 18.2. The van der Waals surface area contributed by atoms with E-state index in [0.717, 1.165) is 24.2 Å². The highest BCUT2D eigenvalue weighted by atomic mass is 16.6. The Hall–Kier alpha value is -4.00. The summed E-state index contributed by atoms with van der Waals surface area (Å²) >= 11 is 0. The third-order valence-corrected chi connectivity index (χ3v) is 5.77. The number of carbonyl (C=O) groups excluding carboxylic acids is 2. The minimum Gasteiger partial charge on any atom is -0.486 e. The van der Waals surface area contributed by atoms with Crippen LogP contribution in [0, 0.1) is 0 Å². The molecule has 3 aromatic rings. The van der Waals surface area contributed by atoms with Gasteiger partial charge in [-0.25, -0.2) is 4.79 Å². The molecule has 5 rings (SSSR count). The van der Waals surface area contributed by atoms with Crippen LogP contribution in [0.4, 0.5) is 16.2 Å². The van der Waals surface area contributed by atoms with E-state index in [0.29, 0.717) is 49.1 Å². The second-order valence-corrected chi connectivity index (χ2v) is 8.05. The fourth-order valence-corrected chi connectivity index (χ4v) is 4.09. The number of urea groups is 1. The van der Waals surface area contributed by atoms with E-state index in [9.17, 15) is 9.59 Å². The van der Waals surface area contributed by atoms with Gasteiger partial charge in [-0.05, 0) is 48.4 Å². The van der Waals surface area contributed by atoms with E-state index in [2.05, 4.69) is 5.32 Å². The van der Waals surface area contributed by atoms with Gasteiger partial charge >= 0.3 is 6.03 Å². The molecule has 0 aliphatic carbocycles. The second kappa shape index (κ2) is 9.24. The summed E-state index contributed by atoms with van der Waals surface area (Å²) in [5.74, 6) is 1.07. The average Bonchev–Trinajstić information content (AvgIpc) is 2.86. The van der Waals surface area contributed by atoms with Gasteiger partial charge in [0.2, 0.25) is 0 Å². The van der Waals surface area contributed by atoms with Crippen molar-refractivity contribution < 1.29 is 19.1 Å². The smallest absolute Gasteiger partial charge is 0.324 e. The third-order valence-electron chi connectivity index (χ3n) is 5.77. The predicted octanol–water partition coefficient (Wildman–Crippen LogP) is 4.54. The molecule has 7 nitrogen and oxygen atoms in total. The fraction of sp³-hybridized carbons (Fsp3) is 0.231. The molecule has 3 aromatic carbocycles. The second-order valence-electron chi connectivity index (χ2n) is 8.05. The largest absolute Gasteiger partial charge is 0.486 e. The number of fused-ring (bicyclic) bond motifs is 1. The van der Waals surface area contributed by atoms with Gasteiger partial charge in [0, 0.05) is 42.6 Å². The highest BCUT2D eigenvalue weighted by Crippen LogP contribution is 2.32. The predicted molar refractivity (Wildman–Crippen MR) is 126 cm³/mol. The Morgan fingerprint density at radius 1 is 0.879 bits per heavy atom. The van der Waals surface area contributed by atoms with Crippen LogP contribution < -0.4 is 19.7 Å². The molecular weight excluding hydrogens is 418 g/mol. The maximum atomic E-state index is 13.1. The Kier molecular flexibility index (Phi) is 5.85. The fourth-order valence-electron chi connectivity index (χ4n) is 4.09. The van der Waals surface area contributed by atoms with Gasteiger partial charge < -0.3 is 19.7 Å². The lowest BCUT2D eigenvalue weighted by molar-refractivity contribution is 0.102. The van der Waals surface area contributed by atoms with E-state index in [1.807, 2.05) is 47.4 Å². The van der Waals surface area contributed by atoms with Crippen LogP contribution in [0.1, 0.15) is 22.3 Å². The topological polar surface area (TPSA) is 71.1 Å². The summed E-state index contributed by atoms with van der Waals surface area (Å²) in [7, 11) is 0. The first-order chi connectivity index (χ1) is 16.2. The molecule has 0 unspecified atom stereocenters. The first-order valence-corrected chi connectivity index (χ1v) is 11.1. The molecule has 3 amide bonds. The summed E-state index contributed by atoms with van der Waals surface area (Å²) in [6.45, 7) is 3.00. The normalized spacial score (nSPS) is 15.3. The molecule has 2 heterocycles. The van der Waals surface area contributed by atoms with Gasteiger partial charge in [-0.3, -0.25) is 9.69 Å². The van der Waals surface area contributed by atoms with Crippen molar-refractivity contribution in [1.82, 2.24) is 4.90 Å². The third kappa shape index (κ3) is 4.62. The molecule has 33 heavy (non-hydrogen) atoms. The summed E-state index contributed by atoms with van der Waals surface area (Å²) < 4.78 is 11.1. The summed E-state index contributed by atoms with van der Waals surface area (Å²) in [5, 5.41) is 2.89. The van der Waals surface area contributed by atoms with E-state index < -0.39 is 0 Å². The molecule has 0 bridgehead atoms. The van der Waals surface area contributed by atoms with Crippen molar-refractivity contribution in [3.05, 3.63) is 83.9 Å². The molecule has 0 aromatic heterocycles. The zero-order valence-corrected chi connectivity index (χ0v) is 18.2. The number of hydrogen-bond acceptors (Lipinski definition) is 4. The number of carbonyl (C=O) groups is 2. The number of nitrogens with one attached hydrogen (secondary N) is 1. The van der Waals surface area contributed by atoms with Gasteiger partial charge in [0.15, 0.2) is 11.5 Å². The highest BCUT2D eigenvalue weighted by molar-refractivity contribution is 6.05. The van der Waals surface area contributed by atoms with Gasteiger partial charge in [0.25, 0.3) is 5.91 Å². The minimum atomic E-state index is -0.228. The zero-order chi connectivity index (χ0) is 22.6. The van der Waals surface area contributed by atoms with Gasteiger partial charge in [0.1, 0.15) is 13.2 Å². The summed E-state index contributed by atoms with van der Waals surface area (Å²) in [6, 6.07) is 22.4.